The number of hydrogen-bond acceptors (Lipinski definition) is 6. The fourth-order valence-corrected chi connectivity index (χ4v) is 1.93. The SMILES string of the molecule is COc1ccc(C2(C(F)(F)F)N=CC3=NC=NC3=N2)cn1. The lowest BCUT2D eigenvalue weighted by Gasteiger charge is -2.30. The van der Waals surface area contributed by atoms with Gasteiger partial charge in [-0.3, -0.25) is 0 Å². The molecule has 0 fully saturated rings. The van der Waals surface area contributed by atoms with Gasteiger partial charge in [0.05, 0.1) is 13.3 Å². The minimum atomic E-state index is -4.74. The van der Waals surface area contributed by atoms with E-state index in [-0.39, 0.29) is 23.0 Å². The summed E-state index contributed by atoms with van der Waals surface area (Å²) >= 11 is 0. The standard InChI is InChI=1S/C12H8F3N5O/c1-21-9-3-2-7(4-16-9)11(12(13,14)15)19-5-8-10(20-11)18-6-17-8/h2-6H,1H3. The summed E-state index contributed by atoms with van der Waals surface area (Å²) in [7, 11) is 1.37. The van der Waals surface area contributed by atoms with Gasteiger partial charge in [0.15, 0.2) is 5.84 Å². The van der Waals surface area contributed by atoms with E-state index >= 15 is 0 Å². The molecule has 0 N–H and O–H groups in total. The molecule has 2 aliphatic heterocycles. The molecule has 21 heavy (non-hydrogen) atoms. The van der Waals surface area contributed by atoms with E-state index in [1.165, 1.54) is 19.2 Å². The van der Waals surface area contributed by atoms with Crippen molar-refractivity contribution in [2.75, 3.05) is 7.11 Å². The Hall–Kier alpha value is -2.58. The minimum absolute atomic E-state index is 0.0989. The number of methoxy groups -OCH3 is 1. The van der Waals surface area contributed by atoms with Crippen LogP contribution in [0.3, 0.4) is 0 Å². The third-order valence-electron chi connectivity index (χ3n) is 2.99. The maximum Gasteiger partial charge on any atom is 0.438 e. The number of hydrogen-bond donors (Lipinski definition) is 0. The van der Waals surface area contributed by atoms with E-state index in [2.05, 4.69) is 25.0 Å². The molecule has 2 aliphatic rings. The maximum absolute atomic E-state index is 13.6. The Morgan fingerprint density at radius 1 is 1.24 bits per heavy atom. The van der Waals surface area contributed by atoms with Crippen LogP contribution in [0.4, 0.5) is 13.2 Å². The molecule has 3 rings (SSSR count). The topological polar surface area (TPSA) is 71.6 Å². The summed E-state index contributed by atoms with van der Waals surface area (Å²) in [6, 6.07) is 2.54. The van der Waals surface area contributed by atoms with Crippen molar-refractivity contribution in [3.63, 3.8) is 0 Å². The zero-order valence-electron chi connectivity index (χ0n) is 10.7. The van der Waals surface area contributed by atoms with E-state index in [0.29, 0.717) is 0 Å². The largest absolute Gasteiger partial charge is 0.481 e. The van der Waals surface area contributed by atoms with Crippen LogP contribution in [0.5, 0.6) is 5.88 Å². The van der Waals surface area contributed by atoms with Crippen LogP contribution in [0.1, 0.15) is 5.56 Å². The third kappa shape index (κ3) is 2.01. The third-order valence-corrected chi connectivity index (χ3v) is 2.99. The normalized spacial score (nSPS) is 23.6. The van der Waals surface area contributed by atoms with E-state index in [1.807, 2.05) is 0 Å². The second-order valence-corrected chi connectivity index (χ2v) is 4.21. The van der Waals surface area contributed by atoms with Gasteiger partial charge in [0.2, 0.25) is 5.88 Å². The molecule has 1 atom stereocenters. The van der Waals surface area contributed by atoms with Crippen molar-refractivity contribution >= 4 is 24.1 Å². The fourth-order valence-electron chi connectivity index (χ4n) is 1.93. The Morgan fingerprint density at radius 3 is 2.67 bits per heavy atom. The second-order valence-electron chi connectivity index (χ2n) is 4.21. The van der Waals surface area contributed by atoms with Gasteiger partial charge in [0.1, 0.15) is 12.1 Å². The van der Waals surface area contributed by atoms with Gasteiger partial charge >= 0.3 is 6.18 Å². The Balaban J connectivity index is 2.15. The van der Waals surface area contributed by atoms with Crippen LogP contribution in [0.15, 0.2) is 38.3 Å². The van der Waals surface area contributed by atoms with Crippen LogP contribution in [0.2, 0.25) is 0 Å². The van der Waals surface area contributed by atoms with Gasteiger partial charge < -0.3 is 4.74 Å². The molecule has 0 saturated carbocycles. The summed E-state index contributed by atoms with van der Waals surface area (Å²) in [5.41, 5.74) is -2.78. The number of fused-ring (bicyclic) bond motifs is 1. The zero-order valence-corrected chi connectivity index (χ0v) is 10.7. The highest BCUT2D eigenvalue weighted by Gasteiger charge is 2.58. The fraction of sp³-hybridized carbons (Fsp3) is 0.250. The summed E-state index contributed by atoms with van der Waals surface area (Å²) in [6.45, 7) is 0. The van der Waals surface area contributed by atoms with Crippen LogP contribution in [-0.2, 0) is 5.66 Å². The molecule has 9 heteroatoms. The van der Waals surface area contributed by atoms with Crippen molar-refractivity contribution < 1.29 is 17.9 Å². The number of rotatable bonds is 2. The number of amidine groups is 1. The molecule has 0 aromatic carbocycles. The second kappa shape index (κ2) is 4.47. The zero-order chi connectivity index (χ0) is 15.1. The molecule has 108 valence electrons. The van der Waals surface area contributed by atoms with Gasteiger partial charge in [-0.1, -0.05) is 0 Å². The maximum atomic E-state index is 13.6. The lowest BCUT2D eigenvalue weighted by atomic mass is 10.0. The van der Waals surface area contributed by atoms with Crippen molar-refractivity contribution in [2.45, 2.75) is 11.8 Å². The number of pyridine rings is 1. The molecule has 0 amide bonds. The first-order valence-corrected chi connectivity index (χ1v) is 5.79. The molecule has 3 heterocycles. The number of alkyl halides is 3. The van der Waals surface area contributed by atoms with Gasteiger partial charge in [-0.25, -0.2) is 25.0 Å². The van der Waals surface area contributed by atoms with Crippen LogP contribution >= 0.6 is 0 Å². The highest BCUT2D eigenvalue weighted by molar-refractivity contribution is 6.65. The van der Waals surface area contributed by atoms with Gasteiger partial charge in [-0.2, -0.15) is 13.2 Å². The van der Waals surface area contributed by atoms with Crippen LogP contribution in [0, 0.1) is 0 Å². The molecule has 0 bridgehead atoms. The number of aromatic nitrogens is 1. The molecule has 0 aliphatic carbocycles. The quantitative estimate of drug-likeness (QED) is 0.834. The van der Waals surface area contributed by atoms with Crippen LogP contribution in [-0.4, -0.2) is 42.4 Å². The number of ether oxygens (including phenoxy) is 1. The van der Waals surface area contributed by atoms with Crippen molar-refractivity contribution in [3.8, 4) is 5.88 Å². The average Bonchev–Trinajstić information content (AvgIpc) is 2.93. The van der Waals surface area contributed by atoms with Crippen LogP contribution in [0.25, 0.3) is 0 Å². The van der Waals surface area contributed by atoms with E-state index < -0.39 is 11.8 Å². The van der Waals surface area contributed by atoms with Gasteiger partial charge in [-0.15, -0.1) is 0 Å². The molecule has 0 spiro atoms. The summed E-state index contributed by atoms with van der Waals surface area (Å²) < 4.78 is 45.5. The van der Waals surface area contributed by atoms with E-state index in [0.717, 1.165) is 18.7 Å². The summed E-state index contributed by atoms with van der Waals surface area (Å²) in [4.78, 5) is 18.5. The lowest BCUT2D eigenvalue weighted by molar-refractivity contribution is -0.186. The van der Waals surface area contributed by atoms with E-state index in [9.17, 15) is 13.2 Å². The molecule has 0 saturated heterocycles. The Kier molecular flexibility index (Phi) is 2.85. The number of halogens is 3. The predicted octanol–water partition coefficient (Wildman–Crippen LogP) is 1.77. The summed E-state index contributed by atoms with van der Waals surface area (Å²) in [5.74, 6) is 0.0998. The predicted molar refractivity (Wildman–Crippen MR) is 70.4 cm³/mol. The van der Waals surface area contributed by atoms with Crippen molar-refractivity contribution in [3.05, 3.63) is 23.9 Å². The van der Waals surface area contributed by atoms with Crippen molar-refractivity contribution in [2.24, 2.45) is 20.0 Å². The highest BCUT2D eigenvalue weighted by atomic mass is 19.4. The van der Waals surface area contributed by atoms with E-state index in [1.54, 1.807) is 0 Å². The Labute approximate surface area is 116 Å². The lowest BCUT2D eigenvalue weighted by Crippen LogP contribution is -2.43. The number of aliphatic imine (C=N–C) groups is 4. The smallest absolute Gasteiger partial charge is 0.438 e. The average molecular weight is 295 g/mol. The summed E-state index contributed by atoms with van der Waals surface area (Å²) in [6.07, 6.45) is -1.54. The Morgan fingerprint density at radius 2 is 2.05 bits per heavy atom. The number of nitrogens with zero attached hydrogens (tertiary/aromatic N) is 5. The van der Waals surface area contributed by atoms with Crippen molar-refractivity contribution in [1.29, 1.82) is 0 Å². The molecule has 6 nitrogen and oxygen atoms in total. The molecule has 0 radical (unpaired) electrons. The molecule has 1 aromatic rings. The van der Waals surface area contributed by atoms with Gasteiger partial charge in [0.25, 0.3) is 5.66 Å². The molecule has 1 unspecified atom stereocenters. The summed E-state index contributed by atoms with van der Waals surface area (Å²) in [5, 5.41) is 0. The van der Waals surface area contributed by atoms with E-state index in [4.69, 9.17) is 4.74 Å². The van der Waals surface area contributed by atoms with Crippen LogP contribution < -0.4 is 4.74 Å². The van der Waals surface area contributed by atoms with Crippen molar-refractivity contribution in [1.82, 2.24) is 4.98 Å². The first-order valence-electron chi connectivity index (χ1n) is 5.79. The first kappa shape index (κ1) is 13.4. The van der Waals surface area contributed by atoms with Gasteiger partial charge in [-0.05, 0) is 6.07 Å². The Bertz CT molecular complexity index is 690. The minimum Gasteiger partial charge on any atom is -0.481 e. The molecule has 1 aromatic heterocycles. The molecular weight excluding hydrogens is 287 g/mol. The molecular formula is C12H8F3N5O. The monoisotopic (exact) mass is 295 g/mol. The first-order chi connectivity index (χ1) is 9.96. The highest BCUT2D eigenvalue weighted by Crippen LogP contribution is 2.45. The van der Waals surface area contributed by atoms with Gasteiger partial charge in [0, 0.05) is 17.8 Å².